The van der Waals surface area contributed by atoms with Crippen molar-refractivity contribution in [1.29, 1.82) is 0 Å². The average molecular weight is 387 g/mol. The number of sulfonamides is 1. The molecule has 140 valence electrons. The summed E-state index contributed by atoms with van der Waals surface area (Å²) in [6.45, 7) is 0.231. The van der Waals surface area contributed by atoms with Gasteiger partial charge in [-0.1, -0.05) is 6.07 Å². The van der Waals surface area contributed by atoms with E-state index in [2.05, 4.69) is 20.5 Å². The molecule has 1 amide bonds. The summed E-state index contributed by atoms with van der Waals surface area (Å²) in [5.41, 5.74) is 1.20. The summed E-state index contributed by atoms with van der Waals surface area (Å²) in [5.74, 6) is -0.594. The van der Waals surface area contributed by atoms with Crippen molar-refractivity contribution in [2.45, 2.75) is 11.4 Å². The molecule has 10 heteroatoms. The van der Waals surface area contributed by atoms with Gasteiger partial charge in [0.25, 0.3) is 0 Å². The number of aromatic nitrogens is 3. The topological polar surface area (TPSA) is 118 Å². The Kier molecular flexibility index (Phi) is 5.28. The lowest BCUT2D eigenvalue weighted by molar-refractivity contribution is 0.0916. The van der Waals surface area contributed by atoms with Crippen molar-refractivity contribution in [3.8, 4) is 11.5 Å². The van der Waals surface area contributed by atoms with Crippen molar-refractivity contribution < 1.29 is 17.6 Å². The zero-order chi connectivity index (χ0) is 19.4. The summed E-state index contributed by atoms with van der Waals surface area (Å²) in [4.78, 5) is 16.3. The SMILES string of the molecule is CN(C)S(=O)(=O)c1ccc(-c2nnc(C(=O)NCc3ccccn3)o2)cc1. The van der Waals surface area contributed by atoms with Gasteiger partial charge in [-0.25, -0.2) is 12.7 Å². The fourth-order valence-electron chi connectivity index (χ4n) is 2.16. The van der Waals surface area contributed by atoms with E-state index in [0.29, 0.717) is 11.3 Å². The van der Waals surface area contributed by atoms with Crippen LogP contribution in [0.3, 0.4) is 0 Å². The lowest BCUT2D eigenvalue weighted by Gasteiger charge is -2.11. The third-order valence-electron chi connectivity index (χ3n) is 3.66. The molecule has 0 saturated carbocycles. The highest BCUT2D eigenvalue weighted by Crippen LogP contribution is 2.21. The molecule has 0 bridgehead atoms. The number of pyridine rings is 1. The van der Waals surface area contributed by atoms with Crippen LogP contribution in [0.4, 0.5) is 0 Å². The smallest absolute Gasteiger partial charge is 0.309 e. The number of hydrogen-bond donors (Lipinski definition) is 1. The number of hydrogen-bond acceptors (Lipinski definition) is 7. The number of nitrogens with zero attached hydrogens (tertiary/aromatic N) is 4. The molecule has 0 fully saturated rings. The zero-order valence-corrected chi connectivity index (χ0v) is 15.5. The van der Waals surface area contributed by atoms with Crippen LogP contribution in [-0.2, 0) is 16.6 Å². The number of rotatable bonds is 6. The molecular formula is C17H17N5O4S. The van der Waals surface area contributed by atoms with E-state index in [0.717, 1.165) is 4.31 Å². The van der Waals surface area contributed by atoms with E-state index in [9.17, 15) is 13.2 Å². The van der Waals surface area contributed by atoms with Crippen molar-refractivity contribution in [1.82, 2.24) is 24.8 Å². The van der Waals surface area contributed by atoms with Crippen molar-refractivity contribution >= 4 is 15.9 Å². The first-order valence-electron chi connectivity index (χ1n) is 7.92. The molecule has 0 unspecified atom stereocenters. The second-order valence-electron chi connectivity index (χ2n) is 5.73. The second kappa shape index (κ2) is 7.64. The molecule has 1 N–H and O–H groups in total. The maximum Gasteiger partial charge on any atom is 0.309 e. The van der Waals surface area contributed by atoms with E-state index in [1.54, 1.807) is 30.5 Å². The largest absolute Gasteiger partial charge is 0.412 e. The molecule has 9 nitrogen and oxygen atoms in total. The minimum Gasteiger partial charge on any atom is -0.412 e. The Morgan fingerprint density at radius 3 is 2.48 bits per heavy atom. The van der Waals surface area contributed by atoms with Crippen molar-refractivity contribution in [3.63, 3.8) is 0 Å². The molecule has 0 saturated heterocycles. The van der Waals surface area contributed by atoms with E-state index in [-0.39, 0.29) is 23.2 Å². The first kappa shape index (κ1) is 18.7. The molecular weight excluding hydrogens is 370 g/mol. The van der Waals surface area contributed by atoms with Gasteiger partial charge >= 0.3 is 11.8 Å². The number of carbonyl (C=O) groups excluding carboxylic acids is 1. The predicted molar refractivity (Wildman–Crippen MR) is 96.0 cm³/mol. The van der Waals surface area contributed by atoms with Crippen LogP contribution in [0.15, 0.2) is 58.0 Å². The second-order valence-corrected chi connectivity index (χ2v) is 7.88. The van der Waals surface area contributed by atoms with Crippen LogP contribution >= 0.6 is 0 Å². The highest BCUT2D eigenvalue weighted by molar-refractivity contribution is 7.89. The molecule has 2 aromatic heterocycles. The molecule has 0 aliphatic carbocycles. The molecule has 0 aliphatic rings. The van der Waals surface area contributed by atoms with Gasteiger partial charge in [0.1, 0.15) is 0 Å². The van der Waals surface area contributed by atoms with Gasteiger partial charge < -0.3 is 9.73 Å². The van der Waals surface area contributed by atoms with Crippen molar-refractivity contribution in [2.75, 3.05) is 14.1 Å². The Labute approximate surface area is 156 Å². The number of nitrogens with one attached hydrogen (secondary N) is 1. The molecule has 3 rings (SSSR count). The Balaban J connectivity index is 1.71. The molecule has 3 aromatic rings. The van der Waals surface area contributed by atoms with Crippen LogP contribution in [0.1, 0.15) is 16.4 Å². The molecule has 1 aromatic carbocycles. The van der Waals surface area contributed by atoms with E-state index in [1.165, 1.54) is 26.2 Å². The lowest BCUT2D eigenvalue weighted by atomic mass is 10.2. The predicted octanol–water partition coefficient (Wildman–Crippen LogP) is 1.31. The number of amides is 1. The van der Waals surface area contributed by atoms with Gasteiger partial charge in [-0.15, -0.1) is 10.2 Å². The fourth-order valence-corrected chi connectivity index (χ4v) is 3.06. The molecule has 0 radical (unpaired) electrons. The van der Waals surface area contributed by atoms with Crippen molar-refractivity contribution in [3.05, 3.63) is 60.2 Å². The summed E-state index contributed by atoms with van der Waals surface area (Å²) >= 11 is 0. The number of benzene rings is 1. The normalized spacial score (nSPS) is 11.5. The van der Waals surface area contributed by atoms with E-state index < -0.39 is 15.9 Å². The quantitative estimate of drug-likeness (QED) is 0.677. The molecule has 0 spiro atoms. The Morgan fingerprint density at radius 1 is 1.11 bits per heavy atom. The summed E-state index contributed by atoms with van der Waals surface area (Å²) in [5, 5.41) is 10.2. The minimum absolute atomic E-state index is 0.117. The van der Waals surface area contributed by atoms with Crippen LogP contribution in [-0.4, -0.2) is 47.9 Å². The molecule has 2 heterocycles. The standard InChI is InChI=1S/C17H17N5O4S/c1-22(2)27(24,25)14-8-6-12(7-9-14)16-20-21-17(26-16)15(23)19-11-13-5-3-4-10-18-13/h3-10H,11H2,1-2H3,(H,19,23). The monoisotopic (exact) mass is 387 g/mol. The van der Waals surface area contributed by atoms with Crippen molar-refractivity contribution in [2.24, 2.45) is 0 Å². The van der Waals surface area contributed by atoms with E-state index in [1.807, 2.05) is 6.07 Å². The lowest BCUT2D eigenvalue weighted by Crippen LogP contribution is -2.23. The minimum atomic E-state index is -3.52. The third-order valence-corrected chi connectivity index (χ3v) is 5.48. The Bertz CT molecular complexity index is 1030. The highest BCUT2D eigenvalue weighted by atomic mass is 32.2. The van der Waals surface area contributed by atoms with Crippen LogP contribution in [0.25, 0.3) is 11.5 Å². The van der Waals surface area contributed by atoms with E-state index in [4.69, 9.17) is 4.42 Å². The summed E-state index contributed by atoms with van der Waals surface area (Å²) in [6.07, 6.45) is 1.63. The summed E-state index contributed by atoms with van der Waals surface area (Å²) < 4.78 is 30.7. The highest BCUT2D eigenvalue weighted by Gasteiger charge is 2.19. The van der Waals surface area contributed by atoms with Crippen LogP contribution < -0.4 is 5.32 Å². The summed E-state index contributed by atoms with van der Waals surface area (Å²) in [7, 11) is -0.610. The van der Waals surface area contributed by atoms with Crippen LogP contribution in [0, 0.1) is 0 Å². The maximum absolute atomic E-state index is 12.1. The van der Waals surface area contributed by atoms with Crippen LogP contribution in [0.2, 0.25) is 0 Å². The first-order valence-corrected chi connectivity index (χ1v) is 9.36. The molecule has 27 heavy (non-hydrogen) atoms. The number of carbonyl (C=O) groups is 1. The van der Waals surface area contributed by atoms with Gasteiger partial charge in [-0.05, 0) is 36.4 Å². The van der Waals surface area contributed by atoms with Gasteiger partial charge in [0, 0.05) is 25.9 Å². The maximum atomic E-state index is 12.1. The van der Waals surface area contributed by atoms with Gasteiger partial charge in [0.2, 0.25) is 15.9 Å². The Morgan fingerprint density at radius 2 is 1.85 bits per heavy atom. The third kappa shape index (κ3) is 4.18. The summed E-state index contributed by atoms with van der Waals surface area (Å²) in [6, 6.07) is 11.3. The first-order chi connectivity index (χ1) is 12.9. The van der Waals surface area contributed by atoms with Gasteiger partial charge in [0.15, 0.2) is 0 Å². The molecule has 0 atom stereocenters. The fraction of sp³-hybridized carbons (Fsp3) is 0.176. The van der Waals surface area contributed by atoms with E-state index >= 15 is 0 Å². The molecule has 0 aliphatic heterocycles. The Hall–Kier alpha value is -3.11. The zero-order valence-electron chi connectivity index (χ0n) is 14.7. The van der Waals surface area contributed by atoms with Gasteiger partial charge in [-0.2, -0.15) is 0 Å². The average Bonchev–Trinajstić information content (AvgIpc) is 3.17. The van der Waals surface area contributed by atoms with Gasteiger partial charge in [0.05, 0.1) is 17.1 Å². The van der Waals surface area contributed by atoms with Crippen LogP contribution in [0.5, 0.6) is 0 Å². The van der Waals surface area contributed by atoms with Gasteiger partial charge in [-0.3, -0.25) is 9.78 Å².